The Balaban J connectivity index is 1.55. The van der Waals surface area contributed by atoms with Gasteiger partial charge in [-0.05, 0) is 49.6 Å². The fourth-order valence-electron chi connectivity index (χ4n) is 3.26. The van der Waals surface area contributed by atoms with Gasteiger partial charge in [0.25, 0.3) is 0 Å². The molecule has 2 N–H and O–H groups in total. The largest absolute Gasteiger partial charge is 0.381 e. The average Bonchev–Trinajstić information content (AvgIpc) is 3.14. The third-order valence-corrected chi connectivity index (χ3v) is 4.65. The summed E-state index contributed by atoms with van der Waals surface area (Å²) in [6.07, 6.45) is 2.92. The predicted molar refractivity (Wildman–Crippen MR) is 103 cm³/mol. The van der Waals surface area contributed by atoms with Gasteiger partial charge >= 0.3 is 0 Å². The number of rotatable bonds is 5. The van der Waals surface area contributed by atoms with Crippen molar-refractivity contribution in [2.24, 2.45) is 0 Å². The molecule has 3 aromatic rings. The van der Waals surface area contributed by atoms with Crippen LogP contribution < -0.4 is 10.6 Å². The summed E-state index contributed by atoms with van der Waals surface area (Å²) >= 11 is 0. The first-order valence-corrected chi connectivity index (χ1v) is 9.27. The van der Waals surface area contributed by atoms with Crippen LogP contribution in [0.5, 0.6) is 0 Å². The third kappa shape index (κ3) is 4.51. The van der Waals surface area contributed by atoms with Gasteiger partial charge in [0, 0.05) is 25.3 Å². The molecule has 6 nitrogen and oxygen atoms in total. The van der Waals surface area contributed by atoms with E-state index < -0.39 is 17.5 Å². The van der Waals surface area contributed by atoms with Crippen molar-refractivity contribution >= 4 is 17.3 Å². The molecule has 1 saturated heterocycles. The van der Waals surface area contributed by atoms with Crippen molar-refractivity contribution in [2.45, 2.75) is 25.8 Å². The van der Waals surface area contributed by atoms with Crippen LogP contribution in [0.25, 0.3) is 5.69 Å². The lowest BCUT2D eigenvalue weighted by molar-refractivity contribution is 0.0904. The normalized spacial score (nSPS) is 14.8. The fourth-order valence-corrected chi connectivity index (χ4v) is 3.26. The van der Waals surface area contributed by atoms with Crippen molar-refractivity contribution in [3.63, 3.8) is 0 Å². The highest BCUT2D eigenvalue weighted by Gasteiger charge is 2.18. The number of hydrogen-bond acceptors (Lipinski definition) is 5. The quantitative estimate of drug-likeness (QED) is 0.664. The van der Waals surface area contributed by atoms with Gasteiger partial charge in [0.15, 0.2) is 5.82 Å². The van der Waals surface area contributed by atoms with E-state index >= 15 is 4.39 Å². The second kappa shape index (κ2) is 8.12. The van der Waals surface area contributed by atoms with Crippen LogP contribution >= 0.6 is 0 Å². The zero-order valence-electron chi connectivity index (χ0n) is 15.8. The van der Waals surface area contributed by atoms with Crippen LogP contribution in [-0.2, 0) is 4.74 Å². The molecular formula is C20H20F3N5O. The predicted octanol–water partition coefficient (Wildman–Crippen LogP) is 4.33. The van der Waals surface area contributed by atoms with E-state index in [9.17, 15) is 8.78 Å². The second-order valence-electron chi connectivity index (χ2n) is 6.97. The molecule has 0 unspecified atom stereocenters. The summed E-state index contributed by atoms with van der Waals surface area (Å²) in [5.74, 6) is -1.79. The molecule has 1 fully saturated rings. The van der Waals surface area contributed by atoms with Gasteiger partial charge in [-0.2, -0.15) is 4.98 Å². The third-order valence-electron chi connectivity index (χ3n) is 4.65. The van der Waals surface area contributed by atoms with Crippen molar-refractivity contribution in [3.05, 3.63) is 59.7 Å². The number of benzene rings is 2. The van der Waals surface area contributed by atoms with E-state index in [4.69, 9.17) is 4.74 Å². The van der Waals surface area contributed by atoms with Gasteiger partial charge in [0.05, 0.1) is 17.1 Å². The summed E-state index contributed by atoms with van der Waals surface area (Å²) in [6, 6.07) is 6.57. The smallest absolute Gasteiger partial charge is 0.247 e. The summed E-state index contributed by atoms with van der Waals surface area (Å²) in [5.41, 5.74) is 1.64. The molecule has 1 aromatic heterocycles. The molecule has 29 heavy (non-hydrogen) atoms. The molecule has 152 valence electrons. The highest BCUT2D eigenvalue weighted by atomic mass is 19.1. The second-order valence-corrected chi connectivity index (χ2v) is 6.97. The van der Waals surface area contributed by atoms with E-state index in [1.807, 2.05) is 6.92 Å². The Hall–Kier alpha value is -3.07. The summed E-state index contributed by atoms with van der Waals surface area (Å²) in [5, 5.41) is 10.2. The molecule has 0 aliphatic carbocycles. The molecular weight excluding hydrogens is 383 g/mol. The van der Waals surface area contributed by atoms with Crippen LogP contribution in [0.1, 0.15) is 18.4 Å². The first-order chi connectivity index (χ1) is 14.0. The summed E-state index contributed by atoms with van der Waals surface area (Å²) in [6.45, 7) is 3.16. The topological polar surface area (TPSA) is 64.0 Å². The first-order valence-electron chi connectivity index (χ1n) is 9.27. The molecule has 2 aromatic carbocycles. The van der Waals surface area contributed by atoms with E-state index in [-0.39, 0.29) is 23.4 Å². The molecule has 0 radical (unpaired) electrons. The van der Waals surface area contributed by atoms with Gasteiger partial charge in [-0.1, -0.05) is 0 Å². The lowest BCUT2D eigenvalue weighted by atomic mass is 10.1. The van der Waals surface area contributed by atoms with Gasteiger partial charge in [-0.25, -0.2) is 17.9 Å². The van der Waals surface area contributed by atoms with Gasteiger partial charge in [0.1, 0.15) is 18.0 Å². The van der Waals surface area contributed by atoms with E-state index in [2.05, 4.69) is 20.7 Å². The molecule has 9 heteroatoms. The molecule has 0 spiro atoms. The summed E-state index contributed by atoms with van der Waals surface area (Å²) < 4.78 is 48.4. The van der Waals surface area contributed by atoms with Gasteiger partial charge in [-0.3, -0.25) is 0 Å². The van der Waals surface area contributed by atoms with Crippen molar-refractivity contribution < 1.29 is 17.9 Å². The van der Waals surface area contributed by atoms with E-state index in [0.29, 0.717) is 18.9 Å². The Morgan fingerprint density at radius 1 is 1.00 bits per heavy atom. The summed E-state index contributed by atoms with van der Waals surface area (Å²) in [4.78, 5) is 4.06. The van der Waals surface area contributed by atoms with Crippen LogP contribution in [0, 0.1) is 24.4 Å². The van der Waals surface area contributed by atoms with Crippen molar-refractivity contribution in [1.82, 2.24) is 14.8 Å². The van der Waals surface area contributed by atoms with E-state index in [0.717, 1.165) is 36.6 Å². The number of anilines is 3. The van der Waals surface area contributed by atoms with Crippen molar-refractivity contribution in [1.29, 1.82) is 0 Å². The van der Waals surface area contributed by atoms with Gasteiger partial charge < -0.3 is 15.4 Å². The minimum atomic E-state index is -0.724. The van der Waals surface area contributed by atoms with Crippen LogP contribution in [-0.4, -0.2) is 34.0 Å². The lowest BCUT2D eigenvalue weighted by Crippen LogP contribution is -2.28. The molecule has 0 atom stereocenters. The molecule has 0 bridgehead atoms. The van der Waals surface area contributed by atoms with Crippen LogP contribution in [0.4, 0.5) is 30.5 Å². The number of nitrogens with zero attached hydrogens (tertiary/aromatic N) is 3. The maximum Gasteiger partial charge on any atom is 0.247 e. The van der Waals surface area contributed by atoms with E-state index in [1.54, 1.807) is 12.1 Å². The number of nitrogens with one attached hydrogen (secondary N) is 2. The van der Waals surface area contributed by atoms with Gasteiger partial charge in [-0.15, -0.1) is 5.10 Å². The molecule has 4 rings (SSSR count). The lowest BCUT2D eigenvalue weighted by Gasteiger charge is -2.25. The summed E-state index contributed by atoms with van der Waals surface area (Å²) in [7, 11) is 0. The minimum absolute atomic E-state index is 0.108. The maximum atomic E-state index is 15.0. The van der Waals surface area contributed by atoms with E-state index in [1.165, 1.54) is 11.0 Å². The Morgan fingerprint density at radius 3 is 2.41 bits per heavy atom. The molecule has 1 aliphatic heterocycles. The standard InChI is InChI=1S/C20H20F3N5O/c1-12-6-17(25-15-2-4-29-5-3-15)19(23)18(7-12)26-20-24-11-28(27-20)16-9-13(21)8-14(22)10-16/h6-11,15,25H,2-5H2,1H3,(H,26,27). The monoisotopic (exact) mass is 403 g/mol. The maximum absolute atomic E-state index is 15.0. The number of hydrogen-bond donors (Lipinski definition) is 2. The zero-order valence-corrected chi connectivity index (χ0v) is 15.8. The number of aromatic nitrogens is 3. The van der Waals surface area contributed by atoms with Crippen LogP contribution in [0.15, 0.2) is 36.7 Å². The van der Waals surface area contributed by atoms with Crippen LogP contribution in [0.3, 0.4) is 0 Å². The Bertz CT molecular complexity index is 997. The van der Waals surface area contributed by atoms with Gasteiger partial charge in [0.2, 0.25) is 5.95 Å². The highest BCUT2D eigenvalue weighted by molar-refractivity contribution is 5.64. The Kier molecular flexibility index (Phi) is 5.39. The average molecular weight is 403 g/mol. The van der Waals surface area contributed by atoms with Crippen LogP contribution in [0.2, 0.25) is 0 Å². The SMILES string of the molecule is Cc1cc(Nc2ncn(-c3cc(F)cc(F)c3)n2)c(F)c(NC2CCOCC2)c1. The molecule has 1 aliphatic rings. The molecule has 0 amide bonds. The van der Waals surface area contributed by atoms with Crippen molar-refractivity contribution in [3.8, 4) is 5.69 Å². The highest BCUT2D eigenvalue weighted by Crippen LogP contribution is 2.28. The number of halogens is 3. The fraction of sp³-hybridized carbons (Fsp3) is 0.300. The Labute approximate surface area is 165 Å². The first kappa shape index (κ1) is 19.3. The number of ether oxygens (including phenoxy) is 1. The molecule has 2 heterocycles. The Morgan fingerprint density at radius 2 is 1.69 bits per heavy atom. The minimum Gasteiger partial charge on any atom is -0.381 e. The van der Waals surface area contributed by atoms with Crippen molar-refractivity contribution in [2.75, 3.05) is 23.8 Å². The number of aryl methyl sites for hydroxylation is 1. The molecule has 0 saturated carbocycles. The zero-order chi connectivity index (χ0) is 20.4.